The van der Waals surface area contributed by atoms with Crippen LogP contribution < -0.4 is 5.32 Å². The number of rotatable bonds is 8. The van der Waals surface area contributed by atoms with Crippen molar-refractivity contribution >= 4 is 0 Å². The Morgan fingerprint density at radius 3 is 2.84 bits per heavy atom. The van der Waals surface area contributed by atoms with Gasteiger partial charge in [-0.3, -0.25) is 0 Å². The highest BCUT2D eigenvalue weighted by molar-refractivity contribution is 5.30. The Balaban J connectivity index is 1.75. The summed E-state index contributed by atoms with van der Waals surface area (Å²) in [5.74, 6) is 0. The van der Waals surface area contributed by atoms with E-state index in [-0.39, 0.29) is 0 Å². The molecule has 0 amide bonds. The van der Waals surface area contributed by atoms with Crippen LogP contribution in [0.5, 0.6) is 0 Å². The molecule has 102 valence electrons. The minimum absolute atomic E-state index is 0.793. The van der Waals surface area contributed by atoms with Gasteiger partial charge in [-0.15, -0.1) is 0 Å². The van der Waals surface area contributed by atoms with E-state index in [9.17, 15) is 0 Å². The predicted octanol–water partition coefficient (Wildman–Crippen LogP) is 2.39. The fourth-order valence-corrected chi connectivity index (χ4v) is 1.84. The zero-order valence-corrected chi connectivity index (χ0v) is 11.4. The van der Waals surface area contributed by atoms with E-state index in [1.165, 1.54) is 0 Å². The lowest BCUT2D eigenvalue weighted by Crippen LogP contribution is -2.16. The second-order valence-corrected chi connectivity index (χ2v) is 4.31. The molecular weight excluding hydrogens is 238 g/mol. The molecule has 0 bridgehead atoms. The monoisotopic (exact) mass is 259 g/mol. The van der Waals surface area contributed by atoms with E-state index in [2.05, 4.69) is 10.4 Å². The average Bonchev–Trinajstić information content (AvgIpc) is 2.92. The van der Waals surface area contributed by atoms with Gasteiger partial charge < -0.3 is 10.1 Å². The van der Waals surface area contributed by atoms with Gasteiger partial charge in [0.25, 0.3) is 0 Å². The van der Waals surface area contributed by atoms with Gasteiger partial charge in [0.1, 0.15) is 0 Å². The minimum Gasteiger partial charge on any atom is -0.382 e. The van der Waals surface area contributed by atoms with Gasteiger partial charge in [-0.1, -0.05) is 18.2 Å². The van der Waals surface area contributed by atoms with Crippen LogP contribution in [0.1, 0.15) is 19.0 Å². The molecule has 0 saturated heterocycles. The summed E-state index contributed by atoms with van der Waals surface area (Å²) in [5, 5.41) is 7.91. The van der Waals surface area contributed by atoms with Crippen LogP contribution in [0, 0.1) is 0 Å². The lowest BCUT2D eigenvalue weighted by molar-refractivity contribution is 0.144. The molecule has 1 N–H and O–H groups in total. The summed E-state index contributed by atoms with van der Waals surface area (Å²) in [6.07, 6.45) is 3.03. The summed E-state index contributed by atoms with van der Waals surface area (Å²) >= 11 is 0. The molecule has 0 radical (unpaired) electrons. The molecule has 0 atom stereocenters. The van der Waals surface area contributed by atoms with Gasteiger partial charge in [0, 0.05) is 26.0 Å². The van der Waals surface area contributed by atoms with Crippen LogP contribution in [-0.2, 0) is 11.3 Å². The van der Waals surface area contributed by atoms with Crippen LogP contribution in [0.25, 0.3) is 5.69 Å². The van der Waals surface area contributed by atoms with Crippen molar-refractivity contribution < 1.29 is 4.74 Å². The molecule has 0 aliphatic rings. The van der Waals surface area contributed by atoms with Gasteiger partial charge in [-0.05, 0) is 38.1 Å². The highest BCUT2D eigenvalue weighted by atomic mass is 16.5. The Morgan fingerprint density at radius 1 is 1.21 bits per heavy atom. The number of nitrogens with one attached hydrogen (secondary N) is 1. The fourth-order valence-electron chi connectivity index (χ4n) is 1.84. The van der Waals surface area contributed by atoms with Gasteiger partial charge in [0.2, 0.25) is 0 Å². The lowest BCUT2D eigenvalue weighted by atomic mass is 10.3. The van der Waals surface area contributed by atoms with Crippen molar-refractivity contribution in [2.24, 2.45) is 0 Å². The van der Waals surface area contributed by atoms with E-state index in [0.29, 0.717) is 0 Å². The number of benzene rings is 1. The lowest BCUT2D eigenvalue weighted by Gasteiger charge is -2.03. The van der Waals surface area contributed by atoms with Crippen LogP contribution in [0.2, 0.25) is 0 Å². The number of nitrogens with zero attached hydrogens (tertiary/aromatic N) is 2. The van der Waals surface area contributed by atoms with E-state index in [4.69, 9.17) is 4.74 Å². The molecule has 2 aromatic rings. The van der Waals surface area contributed by atoms with Crippen LogP contribution >= 0.6 is 0 Å². The summed E-state index contributed by atoms with van der Waals surface area (Å²) in [7, 11) is 0. The SMILES string of the molecule is CCOCCCNCc1ccn(-c2ccccc2)n1. The van der Waals surface area contributed by atoms with Crippen molar-refractivity contribution in [3.63, 3.8) is 0 Å². The van der Waals surface area contributed by atoms with Gasteiger partial charge in [-0.25, -0.2) is 4.68 Å². The van der Waals surface area contributed by atoms with Crippen LogP contribution in [0.3, 0.4) is 0 Å². The van der Waals surface area contributed by atoms with Crippen molar-refractivity contribution in [3.8, 4) is 5.69 Å². The predicted molar refractivity (Wildman–Crippen MR) is 76.4 cm³/mol. The minimum atomic E-state index is 0.793. The molecule has 19 heavy (non-hydrogen) atoms. The second kappa shape index (κ2) is 7.71. The van der Waals surface area contributed by atoms with Gasteiger partial charge in [0.05, 0.1) is 11.4 Å². The number of ether oxygens (including phenoxy) is 1. The Bertz CT molecular complexity index is 467. The number of hydrogen-bond donors (Lipinski definition) is 1. The van der Waals surface area contributed by atoms with Crippen molar-refractivity contribution in [1.29, 1.82) is 0 Å². The van der Waals surface area contributed by atoms with E-state index >= 15 is 0 Å². The van der Waals surface area contributed by atoms with Crippen LogP contribution in [0.15, 0.2) is 42.6 Å². The van der Waals surface area contributed by atoms with Gasteiger partial charge in [-0.2, -0.15) is 5.10 Å². The van der Waals surface area contributed by atoms with E-state index in [0.717, 1.165) is 44.1 Å². The molecule has 4 nitrogen and oxygen atoms in total. The first-order valence-corrected chi connectivity index (χ1v) is 6.78. The molecule has 1 heterocycles. The summed E-state index contributed by atoms with van der Waals surface area (Å²) in [4.78, 5) is 0. The standard InChI is InChI=1S/C15H21N3O/c1-2-19-12-6-10-16-13-14-9-11-18(17-14)15-7-4-3-5-8-15/h3-5,7-9,11,16H,2,6,10,12-13H2,1H3. The molecule has 0 saturated carbocycles. The van der Waals surface area contributed by atoms with E-state index in [1.54, 1.807) is 0 Å². The Morgan fingerprint density at radius 2 is 2.05 bits per heavy atom. The van der Waals surface area contributed by atoms with E-state index in [1.807, 2.05) is 54.2 Å². The molecule has 0 fully saturated rings. The first-order chi connectivity index (χ1) is 9.40. The van der Waals surface area contributed by atoms with Gasteiger partial charge in [0.15, 0.2) is 0 Å². The summed E-state index contributed by atoms with van der Waals surface area (Å²) < 4.78 is 7.19. The average molecular weight is 259 g/mol. The van der Waals surface area contributed by atoms with Crippen molar-refractivity contribution in [2.75, 3.05) is 19.8 Å². The van der Waals surface area contributed by atoms with Crippen molar-refractivity contribution in [2.45, 2.75) is 19.9 Å². The Labute approximate surface area is 114 Å². The molecule has 0 unspecified atom stereocenters. The Kier molecular flexibility index (Phi) is 5.59. The molecule has 1 aromatic heterocycles. The summed E-state index contributed by atoms with van der Waals surface area (Å²) in [5.41, 5.74) is 2.14. The fraction of sp³-hybridized carbons (Fsp3) is 0.400. The second-order valence-electron chi connectivity index (χ2n) is 4.31. The zero-order valence-electron chi connectivity index (χ0n) is 11.4. The maximum Gasteiger partial charge on any atom is 0.0766 e. The summed E-state index contributed by atoms with van der Waals surface area (Å²) in [6, 6.07) is 12.2. The third-order valence-corrected chi connectivity index (χ3v) is 2.82. The molecule has 1 aromatic carbocycles. The first kappa shape index (κ1) is 13.8. The molecular formula is C15H21N3O. The summed E-state index contributed by atoms with van der Waals surface area (Å²) in [6.45, 7) is 5.39. The van der Waals surface area contributed by atoms with Crippen molar-refractivity contribution in [1.82, 2.24) is 15.1 Å². The Hall–Kier alpha value is -1.65. The molecule has 2 rings (SSSR count). The zero-order chi connectivity index (χ0) is 13.3. The quantitative estimate of drug-likeness (QED) is 0.740. The number of para-hydroxylation sites is 1. The van der Waals surface area contributed by atoms with Gasteiger partial charge >= 0.3 is 0 Å². The maximum atomic E-state index is 5.29. The highest BCUT2D eigenvalue weighted by Gasteiger charge is 2.00. The molecule has 0 aliphatic carbocycles. The third kappa shape index (κ3) is 4.50. The van der Waals surface area contributed by atoms with Crippen LogP contribution in [-0.4, -0.2) is 29.5 Å². The van der Waals surface area contributed by atoms with Crippen LogP contribution in [0.4, 0.5) is 0 Å². The normalized spacial score (nSPS) is 10.8. The smallest absolute Gasteiger partial charge is 0.0766 e. The number of hydrogen-bond acceptors (Lipinski definition) is 3. The van der Waals surface area contributed by atoms with E-state index < -0.39 is 0 Å². The number of aromatic nitrogens is 2. The largest absolute Gasteiger partial charge is 0.382 e. The molecule has 0 aliphatic heterocycles. The molecule has 0 spiro atoms. The van der Waals surface area contributed by atoms with Crippen molar-refractivity contribution in [3.05, 3.63) is 48.3 Å². The molecule has 4 heteroatoms. The highest BCUT2D eigenvalue weighted by Crippen LogP contribution is 2.06. The third-order valence-electron chi connectivity index (χ3n) is 2.82. The first-order valence-electron chi connectivity index (χ1n) is 6.78. The maximum absolute atomic E-state index is 5.29. The topological polar surface area (TPSA) is 39.1 Å².